The Morgan fingerprint density at radius 3 is 3.25 bits per heavy atom. The van der Waals surface area contributed by atoms with Gasteiger partial charge in [-0.2, -0.15) is 0 Å². The molecule has 1 aliphatic rings. The molecular weight excluding hydrogens is 254 g/mol. The second kappa shape index (κ2) is 6.02. The molecule has 2 aromatic heterocycles. The second-order valence-electron chi connectivity index (χ2n) is 4.87. The number of H-pyrrole nitrogens is 1. The lowest BCUT2D eigenvalue weighted by Crippen LogP contribution is -2.38. The number of hydrogen-bond donors (Lipinski definition) is 2. The Morgan fingerprint density at radius 2 is 2.45 bits per heavy atom. The van der Waals surface area contributed by atoms with E-state index in [2.05, 4.69) is 25.2 Å². The second-order valence-corrected chi connectivity index (χ2v) is 4.87. The summed E-state index contributed by atoms with van der Waals surface area (Å²) in [7, 11) is 1.87. The number of anilines is 1. The third-order valence-corrected chi connectivity index (χ3v) is 3.46. The number of nitrogens with one attached hydrogen (secondary N) is 2. The van der Waals surface area contributed by atoms with Gasteiger partial charge in [0.25, 0.3) is 0 Å². The maximum atomic E-state index is 5.86. The molecule has 3 heterocycles. The molecule has 0 bridgehead atoms. The average molecular weight is 273 g/mol. The number of hydrogen-bond acceptors (Lipinski definition) is 5. The van der Waals surface area contributed by atoms with Gasteiger partial charge in [-0.05, 0) is 12.1 Å². The number of ether oxygens (including phenoxy) is 1. The van der Waals surface area contributed by atoms with Crippen LogP contribution in [0.1, 0.15) is 17.5 Å². The first-order valence-corrected chi connectivity index (χ1v) is 6.81. The fraction of sp³-hybridized carbons (Fsp3) is 0.429. The molecule has 0 spiro atoms. The van der Waals surface area contributed by atoms with Crippen LogP contribution in [0.2, 0.25) is 0 Å². The van der Waals surface area contributed by atoms with Gasteiger partial charge in [0, 0.05) is 38.6 Å². The van der Waals surface area contributed by atoms with Crippen molar-refractivity contribution in [1.82, 2.24) is 19.9 Å². The number of aromatic nitrogens is 3. The smallest absolute Gasteiger partial charge is 0.126 e. The summed E-state index contributed by atoms with van der Waals surface area (Å²) in [6.07, 6.45) is 3.61. The van der Waals surface area contributed by atoms with Crippen molar-refractivity contribution in [3.05, 3.63) is 42.1 Å². The van der Waals surface area contributed by atoms with Crippen LogP contribution in [-0.4, -0.2) is 46.6 Å². The first kappa shape index (κ1) is 13.1. The van der Waals surface area contributed by atoms with Crippen molar-refractivity contribution in [2.45, 2.75) is 12.6 Å². The van der Waals surface area contributed by atoms with E-state index in [1.165, 1.54) is 0 Å². The molecule has 0 aromatic carbocycles. The lowest BCUT2D eigenvalue weighted by atomic mass is 10.2. The summed E-state index contributed by atoms with van der Waals surface area (Å²) in [5, 5.41) is 3.06. The summed E-state index contributed by atoms with van der Waals surface area (Å²) in [6.45, 7) is 3.37. The van der Waals surface area contributed by atoms with Crippen molar-refractivity contribution in [2.24, 2.45) is 0 Å². The van der Waals surface area contributed by atoms with Gasteiger partial charge in [0.05, 0.1) is 18.6 Å². The van der Waals surface area contributed by atoms with Crippen LogP contribution in [-0.2, 0) is 11.3 Å². The molecular formula is C14H19N5O. The van der Waals surface area contributed by atoms with Crippen LogP contribution < -0.4 is 5.32 Å². The van der Waals surface area contributed by atoms with Crippen molar-refractivity contribution in [1.29, 1.82) is 0 Å². The number of imidazole rings is 1. The average Bonchev–Trinajstić information content (AvgIpc) is 3.00. The fourth-order valence-electron chi connectivity index (χ4n) is 2.41. The molecule has 2 N–H and O–H groups in total. The summed E-state index contributed by atoms with van der Waals surface area (Å²) in [6, 6.07) is 5.98. The van der Waals surface area contributed by atoms with E-state index in [0.29, 0.717) is 0 Å². The summed E-state index contributed by atoms with van der Waals surface area (Å²) in [5.41, 5.74) is 2.11. The predicted octanol–water partition coefficient (Wildman–Crippen LogP) is 1.42. The molecule has 1 atom stereocenters. The predicted molar refractivity (Wildman–Crippen MR) is 76.3 cm³/mol. The lowest BCUT2D eigenvalue weighted by molar-refractivity contribution is -0.0352. The molecule has 1 saturated heterocycles. The van der Waals surface area contributed by atoms with Crippen molar-refractivity contribution in [2.75, 3.05) is 32.1 Å². The number of nitrogens with zero attached hydrogens (tertiary/aromatic N) is 3. The Labute approximate surface area is 118 Å². The SMILES string of the molecule is CNc1cccc([C@H]2CN(Cc3cnc[nH]3)CCO2)n1. The third kappa shape index (κ3) is 2.97. The van der Waals surface area contributed by atoms with Crippen LogP contribution in [0, 0.1) is 0 Å². The Balaban J connectivity index is 1.68. The summed E-state index contributed by atoms with van der Waals surface area (Å²) in [5.74, 6) is 0.872. The van der Waals surface area contributed by atoms with E-state index in [1.807, 2.05) is 31.4 Å². The highest BCUT2D eigenvalue weighted by Crippen LogP contribution is 2.22. The van der Waals surface area contributed by atoms with E-state index >= 15 is 0 Å². The molecule has 1 fully saturated rings. The topological polar surface area (TPSA) is 66.1 Å². The Morgan fingerprint density at radius 1 is 1.50 bits per heavy atom. The number of morpholine rings is 1. The minimum absolute atomic E-state index is 0.0278. The first-order chi connectivity index (χ1) is 9.85. The Bertz CT molecular complexity index is 542. The normalized spacial score (nSPS) is 19.9. The van der Waals surface area contributed by atoms with E-state index < -0.39 is 0 Å². The van der Waals surface area contributed by atoms with Gasteiger partial charge in [-0.25, -0.2) is 9.97 Å². The summed E-state index contributed by atoms with van der Waals surface area (Å²) < 4.78 is 5.86. The minimum atomic E-state index is 0.0278. The molecule has 106 valence electrons. The molecule has 3 rings (SSSR count). The van der Waals surface area contributed by atoms with E-state index in [-0.39, 0.29) is 6.10 Å². The van der Waals surface area contributed by atoms with E-state index in [0.717, 1.165) is 43.4 Å². The van der Waals surface area contributed by atoms with Crippen LogP contribution >= 0.6 is 0 Å². The van der Waals surface area contributed by atoms with Crippen molar-refractivity contribution in [3.63, 3.8) is 0 Å². The van der Waals surface area contributed by atoms with Gasteiger partial charge in [0.15, 0.2) is 0 Å². The standard InChI is InChI=1S/C14H19N5O/c1-15-14-4-2-3-12(18-14)13-9-19(5-6-20-13)8-11-7-16-10-17-11/h2-4,7,10,13H,5-6,8-9H2,1H3,(H,15,18)(H,16,17)/t13-/m1/s1. The Kier molecular flexibility index (Phi) is 3.94. The molecule has 20 heavy (non-hydrogen) atoms. The van der Waals surface area contributed by atoms with Gasteiger partial charge >= 0.3 is 0 Å². The first-order valence-electron chi connectivity index (χ1n) is 6.81. The summed E-state index contributed by atoms with van der Waals surface area (Å²) in [4.78, 5) is 14.1. The highest BCUT2D eigenvalue weighted by molar-refractivity contribution is 5.34. The van der Waals surface area contributed by atoms with E-state index in [1.54, 1.807) is 6.33 Å². The highest BCUT2D eigenvalue weighted by Gasteiger charge is 2.23. The lowest BCUT2D eigenvalue weighted by Gasteiger charge is -2.32. The van der Waals surface area contributed by atoms with Gasteiger partial charge in [-0.1, -0.05) is 6.07 Å². The number of pyridine rings is 1. The zero-order valence-electron chi connectivity index (χ0n) is 11.5. The fourth-order valence-corrected chi connectivity index (χ4v) is 2.41. The molecule has 0 unspecified atom stereocenters. The molecule has 6 nitrogen and oxygen atoms in total. The van der Waals surface area contributed by atoms with Crippen molar-refractivity contribution in [3.8, 4) is 0 Å². The van der Waals surface area contributed by atoms with Crippen molar-refractivity contribution >= 4 is 5.82 Å². The van der Waals surface area contributed by atoms with Crippen LogP contribution in [0.3, 0.4) is 0 Å². The number of rotatable bonds is 4. The molecule has 0 amide bonds. The van der Waals surface area contributed by atoms with E-state index in [9.17, 15) is 0 Å². The maximum absolute atomic E-state index is 5.86. The molecule has 6 heteroatoms. The van der Waals surface area contributed by atoms with Crippen molar-refractivity contribution < 1.29 is 4.74 Å². The summed E-state index contributed by atoms with van der Waals surface area (Å²) >= 11 is 0. The monoisotopic (exact) mass is 273 g/mol. The highest BCUT2D eigenvalue weighted by atomic mass is 16.5. The minimum Gasteiger partial charge on any atom is -0.373 e. The Hall–Kier alpha value is -1.92. The molecule has 0 radical (unpaired) electrons. The van der Waals surface area contributed by atoms with Crippen LogP contribution in [0.5, 0.6) is 0 Å². The van der Waals surface area contributed by atoms with Gasteiger partial charge in [-0.15, -0.1) is 0 Å². The van der Waals surface area contributed by atoms with Crippen LogP contribution in [0.15, 0.2) is 30.7 Å². The number of aromatic amines is 1. The molecule has 0 aliphatic carbocycles. The largest absolute Gasteiger partial charge is 0.373 e. The van der Waals surface area contributed by atoms with Gasteiger partial charge in [-0.3, -0.25) is 4.90 Å². The van der Waals surface area contributed by atoms with Gasteiger partial charge in [0.1, 0.15) is 11.9 Å². The van der Waals surface area contributed by atoms with E-state index in [4.69, 9.17) is 4.74 Å². The van der Waals surface area contributed by atoms with Gasteiger partial charge < -0.3 is 15.0 Å². The molecule has 2 aromatic rings. The zero-order chi connectivity index (χ0) is 13.8. The third-order valence-electron chi connectivity index (χ3n) is 3.46. The quantitative estimate of drug-likeness (QED) is 0.882. The molecule has 1 aliphatic heterocycles. The maximum Gasteiger partial charge on any atom is 0.126 e. The van der Waals surface area contributed by atoms with Crippen LogP contribution in [0.25, 0.3) is 0 Å². The zero-order valence-corrected chi connectivity index (χ0v) is 11.5. The van der Waals surface area contributed by atoms with Gasteiger partial charge in [0.2, 0.25) is 0 Å². The molecule has 0 saturated carbocycles. The van der Waals surface area contributed by atoms with Crippen LogP contribution in [0.4, 0.5) is 5.82 Å².